The van der Waals surface area contributed by atoms with Crippen LogP contribution in [0.2, 0.25) is 0 Å². The third-order valence-electron chi connectivity index (χ3n) is 3.43. The number of ether oxygens (including phenoxy) is 1. The molecule has 0 radical (unpaired) electrons. The maximum Gasteiger partial charge on any atom is 0.191 e. The highest BCUT2D eigenvalue weighted by Gasteiger charge is 2.03. The van der Waals surface area contributed by atoms with Crippen molar-refractivity contribution in [1.82, 2.24) is 15.6 Å². The van der Waals surface area contributed by atoms with Crippen LogP contribution in [0.3, 0.4) is 0 Å². The number of guanidine groups is 1. The van der Waals surface area contributed by atoms with E-state index in [0.717, 1.165) is 25.3 Å². The highest BCUT2D eigenvalue weighted by molar-refractivity contribution is 5.79. The second-order valence-corrected chi connectivity index (χ2v) is 5.15. The molecule has 0 spiro atoms. The summed E-state index contributed by atoms with van der Waals surface area (Å²) in [5, 5.41) is 6.39. The first-order chi connectivity index (χ1) is 11.7. The molecule has 0 unspecified atom stereocenters. The number of benzene rings is 1. The van der Waals surface area contributed by atoms with Crippen LogP contribution < -0.4 is 15.4 Å². The minimum Gasteiger partial charge on any atom is -0.497 e. The molecule has 24 heavy (non-hydrogen) atoms. The summed E-state index contributed by atoms with van der Waals surface area (Å²) in [5.74, 6) is 1.16. The lowest BCUT2D eigenvalue weighted by atomic mass is 10.1. The van der Waals surface area contributed by atoms with Crippen molar-refractivity contribution in [3.8, 4) is 5.75 Å². The predicted octanol–water partition coefficient (Wildman–Crippen LogP) is 2.53. The average molecular weight is 330 g/mol. The van der Waals surface area contributed by atoms with E-state index in [4.69, 9.17) is 4.74 Å². The minimum absolute atomic E-state index is 0.199. The van der Waals surface area contributed by atoms with Crippen molar-refractivity contribution in [3.63, 3.8) is 0 Å². The minimum atomic E-state index is -0.338. The zero-order chi connectivity index (χ0) is 17.2. The van der Waals surface area contributed by atoms with Crippen LogP contribution in [0.5, 0.6) is 5.75 Å². The van der Waals surface area contributed by atoms with Crippen LogP contribution >= 0.6 is 0 Å². The maximum atomic E-state index is 13.6. The molecule has 1 aromatic heterocycles. The Labute approximate surface area is 142 Å². The number of nitrogens with one attached hydrogen (secondary N) is 2. The molecule has 0 saturated carbocycles. The molecule has 5 nitrogen and oxygen atoms in total. The third-order valence-corrected chi connectivity index (χ3v) is 3.43. The van der Waals surface area contributed by atoms with Crippen molar-refractivity contribution in [3.05, 3.63) is 59.7 Å². The Hall–Kier alpha value is -2.63. The molecule has 0 fully saturated rings. The molecule has 0 bridgehead atoms. The third kappa shape index (κ3) is 5.53. The van der Waals surface area contributed by atoms with Crippen LogP contribution in [0.4, 0.5) is 4.39 Å². The summed E-state index contributed by atoms with van der Waals surface area (Å²) in [7, 11) is 1.65. The highest BCUT2D eigenvalue weighted by Crippen LogP contribution is 2.11. The Morgan fingerprint density at radius 1 is 1.21 bits per heavy atom. The van der Waals surface area contributed by atoms with Gasteiger partial charge in [0.1, 0.15) is 11.6 Å². The molecule has 6 heteroatoms. The molecule has 0 atom stereocenters. The SMILES string of the molecule is CCNC(=NCc1ncccc1F)NCCc1ccc(OC)cc1. The van der Waals surface area contributed by atoms with E-state index < -0.39 is 0 Å². The van der Waals surface area contributed by atoms with Crippen LogP contribution in [0, 0.1) is 5.82 Å². The van der Waals surface area contributed by atoms with E-state index in [2.05, 4.69) is 20.6 Å². The molecule has 0 saturated heterocycles. The summed E-state index contributed by atoms with van der Waals surface area (Å²) in [6.45, 7) is 3.65. The lowest BCUT2D eigenvalue weighted by Crippen LogP contribution is -2.38. The molecule has 0 aliphatic rings. The molecule has 2 rings (SSSR count). The van der Waals surface area contributed by atoms with Crippen LogP contribution in [-0.2, 0) is 13.0 Å². The molecule has 1 aromatic carbocycles. The lowest BCUT2D eigenvalue weighted by molar-refractivity contribution is 0.414. The zero-order valence-corrected chi connectivity index (χ0v) is 14.1. The van der Waals surface area contributed by atoms with E-state index >= 15 is 0 Å². The number of aliphatic imine (C=N–C) groups is 1. The number of nitrogens with zero attached hydrogens (tertiary/aromatic N) is 2. The molecule has 0 aliphatic carbocycles. The predicted molar refractivity (Wildman–Crippen MR) is 93.7 cm³/mol. The number of rotatable bonds is 7. The molecule has 2 N–H and O–H groups in total. The standard InChI is InChI=1S/C18H23FN4O/c1-3-20-18(23-13-17-16(19)5-4-11-21-17)22-12-10-14-6-8-15(24-2)9-7-14/h4-9,11H,3,10,12-13H2,1-2H3,(H2,20,22,23). The van der Waals surface area contributed by atoms with Gasteiger partial charge in [0.15, 0.2) is 5.96 Å². The van der Waals surface area contributed by atoms with Gasteiger partial charge in [-0.15, -0.1) is 0 Å². The van der Waals surface area contributed by atoms with Crippen LogP contribution in [0.15, 0.2) is 47.6 Å². The van der Waals surface area contributed by atoms with Crippen LogP contribution in [0.1, 0.15) is 18.2 Å². The van der Waals surface area contributed by atoms with Crippen LogP contribution in [-0.4, -0.2) is 31.1 Å². The number of aromatic nitrogens is 1. The largest absolute Gasteiger partial charge is 0.497 e. The van der Waals surface area contributed by atoms with Crippen molar-refractivity contribution >= 4 is 5.96 Å². The first-order valence-corrected chi connectivity index (χ1v) is 7.97. The fraction of sp³-hybridized carbons (Fsp3) is 0.333. The lowest BCUT2D eigenvalue weighted by Gasteiger charge is -2.11. The summed E-state index contributed by atoms with van der Waals surface area (Å²) < 4.78 is 18.7. The summed E-state index contributed by atoms with van der Waals surface area (Å²) >= 11 is 0. The normalized spacial score (nSPS) is 11.2. The molecular formula is C18H23FN4O. The number of hydrogen-bond acceptors (Lipinski definition) is 3. The monoisotopic (exact) mass is 330 g/mol. The fourth-order valence-electron chi connectivity index (χ4n) is 2.15. The van der Waals surface area contributed by atoms with Gasteiger partial charge in [-0.1, -0.05) is 12.1 Å². The van der Waals surface area contributed by atoms with Gasteiger partial charge in [-0.25, -0.2) is 9.38 Å². The Kier molecular flexibility index (Phi) is 7.01. The Balaban J connectivity index is 1.88. The number of halogens is 1. The van der Waals surface area contributed by atoms with E-state index in [1.165, 1.54) is 11.6 Å². The van der Waals surface area contributed by atoms with Gasteiger partial charge < -0.3 is 15.4 Å². The van der Waals surface area contributed by atoms with Crippen molar-refractivity contribution in [1.29, 1.82) is 0 Å². The van der Waals surface area contributed by atoms with Crippen molar-refractivity contribution in [2.24, 2.45) is 4.99 Å². The first-order valence-electron chi connectivity index (χ1n) is 7.97. The van der Waals surface area contributed by atoms with Gasteiger partial charge in [-0.2, -0.15) is 0 Å². The molecule has 0 aliphatic heterocycles. The highest BCUT2D eigenvalue weighted by atomic mass is 19.1. The molecule has 2 aromatic rings. The van der Waals surface area contributed by atoms with E-state index in [-0.39, 0.29) is 12.4 Å². The fourth-order valence-corrected chi connectivity index (χ4v) is 2.15. The Bertz CT molecular complexity index is 658. The van der Waals surface area contributed by atoms with Gasteiger partial charge >= 0.3 is 0 Å². The molecular weight excluding hydrogens is 307 g/mol. The van der Waals surface area contributed by atoms with Crippen LogP contribution in [0.25, 0.3) is 0 Å². The first kappa shape index (κ1) is 17.7. The second kappa shape index (κ2) is 9.50. The molecule has 1 heterocycles. The maximum absolute atomic E-state index is 13.6. The quantitative estimate of drug-likeness (QED) is 0.605. The smallest absolute Gasteiger partial charge is 0.191 e. The van der Waals surface area contributed by atoms with E-state index in [0.29, 0.717) is 11.7 Å². The zero-order valence-electron chi connectivity index (χ0n) is 14.1. The van der Waals surface area contributed by atoms with Crippen molar-refractivity contribution < 1.29 is 9.13 Å². The van der Waals surface area contributed by atoms with E-state index in [1.54, 1.807) is 19.4 Å². The molecule has 0 amide bonds. The number of hydrogen-bond donors (Lipinski definition) is 2. The van der Waals surface area contributed by atoms with Gasteiger partial charge in [-0.3, -0.25) is 4.98 Å². The summed E-state index contributed by atoms with van der Waals surface area (Å²) in [4.78, 5) is 8.38. The summed E-state index contributed by atoms with van der Waals surface area (Å²) in [6, 6.07) is 10.9. The van der Waals surface area contributed by atoms with Crippen molar-refractivity contribution in [2.45, 2.75) is 19.9 Å². The topological polar surface area (TPSA) is 58.5 Å². The Morgan fingerprint density at radius 2 is 2.00 bits per heavy atom. The summed E-state index contributed by atoms with van der Waals surface area (Å²) in [6.07, 6.45) is 2.42. The van der Waals surface area contributed by atoms with Gasteiger partial charge in [-0.05, 0) is 43.2 Å². The van der Waals surface area contributed by atoms with Gasteiger partial charge in [0, 0.05) is 19.3 Å². The van der Waals surface area contributed by atoms with Gasteiger partial charge in [0.2, 0.25) is 0 Å². The molecule has 128 valence electrons. The van der Waals surface area contributed by atoms with Crippen molar-refractivity contribution in [2.75, 3.05) is 20.2 Å². The van der Waals surface area contributed by atoms with Gasteiger partial charge in [0.25, 0.3) is 0 Å². The summed E-state index contributed by atoms with van der Waals surface area (Å²) in [5.41, 5.74) is 1.54. The average Bonchev–Trinajstić information content (AvgIpc) is 2.61. The van der Waals surface area contributed by atoms with E-state index in [9.17, 15) is 4.39 Å². The van der Waals surface area contributed by atoms with Gasteiger partial charge in [0.05, 0.1) is 19.3 Å². The second-order valence-electron chi connectivity index (χ2n) is 5.15. The number of methoxy groups -OCH3 is 1. The van der Waals surface area contributed by atoms with E-state index in [1.807, 2.05) is 31.2 Å². The Morgan fingerprint density at radius 3 is 2.67 bits per heavy atom. The number of pyridine rings is 1.